The number of carbonyl (C=O) groups is 3. The number of aliphatic carboxylic acids is 2. The lowest BCUT2D eigenvalue weighted by atomic mass is 10.1. The number of esters is 1. The van der Waals surface area contributed by atoms with Crippen molar-refractivity contribution in [2.24, 2.45) is 0 Å². The van der Waals surface area contributed by atoms with E-state index in [4.69, 9.17) is 24.5 Å². The van der Waals surface area contributed by atoms with Crippen LogP contribution in [0, 0.1) is 0 Å². The molecule has 0 aliphatic carbocycles. The van der Waals surface area contributed by atoms with Crippen LogP contribution >= 0.6 is 0 Å². The molecule has 8 heteroatoms. The Morgan fingerprint density at radius 1 is 0.771 bits per heavy atom. The summed E-state index contributed by atoms with van der Waals surface area (Å²) >= 11 is 0. The molecule has 2 aromatic carbocycles. The van der Waals surface area contributed by atoms with E-state index in [1.54, 1.807) is 0 Å². The average molecular weight is 488 g/mol. The Hall–Kier alpha value is -3.23. The number of hydrogen-bond donors (Lipinski definition) is 4. The van der Waals surface area contributed by atoms with E-state index in [9.17, 15) is 9.90 Å². The molecule has 192 valence electrons. The summed E-state index contributed by atoms with van der Waals surface area (Å²) in [5.74, 6) is -3.72. The first kappa shape index (κ1) is 29.8. The van der Waals surface area contributed by atoms with Gasteiger partial charge in [-0.15, -0.1) is 0 Å². The van der Waals surface area contributed by atoms with Crippen LogP contribution in [0.2, 0.25) is 0 Å². The molecule has 0 fully saturated rings. The van der Waals surface area contributed by atoms with Crippen molar-refractivity contribution >= 4 is 17.9 Å². The van der Waals surface area contributed by atoms with Gasteiger partial charge < -0.3 is 25.4 Å². The molecule has 1 atom stereocenters. The van der Waals surface area contributed by atoms with E-state index in [0.29, 0.717) is 19.6 Å². The number of carbonyl (C=O) groups excluding carboxylic acids is 1. The molecule has 0 aromatic heterocycles. The van der Waals surface area contributed by atoms with Crippen LogP contribution in [-0.2, 0) is 25.5 Å². The summed E-state index contributed by atoms with van der Waals surface area (Å²) < 4.78 is 5.31. The zero-order chi connectivity index (χ0) is 25.7. The van der Waals surface area contributed by atoms with E-state index in [0.717, 1.165) is 57.1 Å². The summed E-state index contributed by atoms with van der Waals surface area (Å²) in [6.07, 6.45) is 7.12. The summed E-state index contributed by atoms with van der Waals surface area (Å²) in [6.45, 7) is 1.99. The van der Waals surface area contributed by atoms with Crippen LogP contribution in [0.3, 0.4) is 0 Å². The molecule has 1 unspecified atom stereocenters. The molecule has 0 heterocycles. The Morgan fingerprint density at radius 3 is 2.00 bits per heavy atom. The summed E-state index contributed by atoms with van der Waals surface area (Å²) in [5.41, 5.74) is 2.27. The number of benzene rings is 2. The molecule has 0 bridgehead atoms. The number of rotatable bonds is 15. The van der Waals surface area contributed by atoms with E-state index < -0.39 is 18.0 Å². The molecule has 0 saturated carbocycles. The van der Waals surface area contributed by atoms with Gasteiger partial charge in [0, 0.05) is 13.0 Å². The molecule has 0 radical (unpaired) electrons. The predicted molar refractivity (Wildman–Crippen MR) is 133 cm³/mol. The van der Waals surface area contributed by atoms with Crippen molar-refractivity contribution in [2.75, 3.05) is 19.7 Å². The maximum atomic E-state index is 11.8. The molecule has 4 N–H and O–H groups in total. The van der Waals surface area contributed by atoms with E-state index in [1.165, 1.54) is 5.56 Å². The van der Waals surface area contributed by atoms with Gasteiger partial charge in [-0.1, -0.05) is 73.5 Å². The standard InChI is InChI=1S/C25H35NO3.C2H2O4/c27-24(23-16-7-4-8-17-23)21-26-19-11-1-2-12-20-29-25(28)18-10-9-15-22-13-5-3-6-14-22;3-1(4)2(5)6/h3-8,13-14,16-17,24,26-27H,1-2,9-12,15,18-21H2;(H,3,4)(H,5,6). The second-order valence-electron chi connectivity index (χ2n) is 8.07. The van der Waals surface area contributed by atoms with Gasteiger partial charge >= 0.3 is 17.9 Å². The first-order chi connectivity index (χ1) is 16.9. The van der Waals surface area contributed by atoms with Crippen LogP contribution in [0.25, 0.3) is 0 Å². The maximum absolute atomic E-state index is 11.8. The second kappa shape index (κ2) is 19.1. The third-order valence-electron chi connectivity index (χ3n) is 5.16. The molecule has 0 saturated heterocycles. The smallest absolute Gasteiger partial charge is 0.414 e. The first-order valence-electron chi connectivity index (χ1n) is 12.0. The van der Waals surface area contributed by atoms with Crippen molar-refractivity contribution in [3.8, 4) is 0 Å². The van der Waals surface area contributed by atoms with Crippen molar-refractivity contribution in [2.45, 2.75) is 57.5 Å². The lowest BCUT2D eigenvalue weighted by Crippen LogP contribution is -2.22. The summed E-state index contributed by atoms with van der Waals surface area (Å²) in [5, 5.41) is 28.1. The monoisotopic (exact) mass is 487 g/mol. The van der Waals surface area contributed by atoms with Gasteiger partial charge in [0.1, 0.15) is 0 Å². The summed E-state index contributed by atoms with van der Waals surface area (Å²) in [4.78, 5) is 30.0. The number of carboxylic acid groups (broad SMARTS) is 2. The number of unbranched alkanes of at least 4 members (excludes halogenated alkanes) is 4. The third kappa shape index (κ3) is 16.1. The zero-order valence-electron chi connectivity index (χ0n) is 20.1. The molecule has 2 aromatic rings. The molecule has 35 heavy (non-hydrogen) atoms. The van der Waals surface area contributed by atoms with Gasteiger partial charge in [-0.2, -0.15) is 0 Å². The van der Waals surface area contributed by atoms with Crippen LogP contribution in [0.4, 0.5) is 0 Å². The molecule has 0 amide bonds. The second-order valence-corrected chi connectivity index (χ2v) is 8.07. The van der Waals surface area contributed by atoms with Crippen LogP contribution in [0.1, 0.15) is 62.2 Å². The lowest BCUT2D eigenvalue weighted by Gasteiger charge is -2.12. The van der Waals surface area contributed by atoms with Crippen molar-refractivity contribution in [1.29, 1.82) is 0 Å². The van der Waals surface area contributed by atoms with Gasteiger partial charge in [-0.05, 0) is 49.8 Å². The van der Waals surface area contributed by atoms with Gasteiger partial charge in [0.25, 0.3) is 0 Å². The van der Waals surface area contributed by atoms with E-state index >= 15 is 0 Å². The van der Waals surface area contributed by atoms with Crippen LogP contribution in [-0.4, -0.2) is 52.9 Å². The molecule has 8 nitrogen and oxygen atoms in total. The van der Waals surface area contributed by atoms with E-state index in [-0.39, 0.29) is 5.97 Å². The van der Waals surface area contributed by atoms with Crippen molar-refractivity contribution in [1.82, 2.24) is 5.32 Å². The number of aliphatic hydroxyl groups is 1. The third-order valence-corrected chi connectivity index (χ3v) is 5.16. The normalized spacial score (nSPS) is 11.1. The predicted octanol–water partition coefficient (Wildman–Crippen LogP) is 3.98. The molecule has 0 aliphatic rings. The fourth-order valence-corrected chi connectivity index (χ4v) is 3.24. The van der Waals surface area contributed by atoms with Crippen molar-refractivity contribution in [3.05, 3.63) is 71.8 Å². The Balaban J connectivity index is 0.000000905. The van der Waals surface area contributed by atoms with Crippen LogP contribution < -0.4 is 5.32 Å². The van der Waals surface area contributed by atoms with Crippen molar-refractivity contribution < 1.29 is 34.4 Å². The topological polar surface area (TPSA) is 133 Å². The number of aryl methyl sites for hydroxylation is 1. The van der Waals surface area contributed by atoms with Crippen molar-refractivity contribution in [3.63, 3.8) is 0 Å². The van der Waals surface area contributed by atoms with Crippen LogP contribution in [0.5, 0.6) is 0 Å². The summed E-state index contributed by atoms with van der Waals surface area (Å²) in [6, 6.07) is 20.1. The number of nitrogens with one attached hydrogen (secondary N) is 1. The molecular formula is C27H37NO7. The molecule has 0 aliphatic heterocycles. The maximum Gasteiger partial charge on any atom is 0.414 e. The Bertz CT molecular complexity index is 831. The minimum atomic E-state index is -1.82. The highest BCUT2D eigenvalue weighted by molar-refractivity contribution is 6.27. The highest BCUT2D eigenvalue weighted by Crippen LogP contribution is 2.11. The van der Waals surface area contributed by atoms with E-state index in [1.807, 2.05) is 48.5 Å². The van der Waals surface area contributed by atoms with Gasteiger partial charge in [-0.3, -0.25) is 4.79 Å². The average Bonchev–Trinajstić information content (AvgIpc) is 2.87. The lowest BCUT2D eigenvalue weighted by molar-refractivity contribution is -0.159. The van der Waals surface area contributed by atoms with Gasteiger partial charge in [0.2, 0.25) is 0 Å². The minimum absolute atomic E-state index is 0.0744. The van der Waals surface area contributed by atoms with Gasteiger partial charge in [0.15, 0.2) is 0 Å². The Kier molecular flexibility index (Phi) is 16.3. The SMILES string of the molecule is O=C(CCCCc1ccccc1)OCCCCCCNCC(O)c1ccccc1.O=C(O)C(=O)O. The Labute approximate surface area is 206 Å². The largest absolute Gasteiger partial charge is 0.473 e. The molecular weight excluding hydrogens is 450 g/mol. The quantitative estimate of drug-likeness (QED) is 0.168. The van der Waals surface area contributed by atoms with Gasteiger partial charge in [0.05, 0.1) is 12.7 Å². The number of hydrogen-bond acceptors (Lipinski definition) is 6. The zero-order valence-corrected chi connectivity index (χ0v) is 20.1. The molecule has 0 spiro atoms. The summed E-state index contributed by atoms with van der Waals surface area (Å²) in [7, 11) is 0. The first-order valence-corrected chi connectivity index (χ1v) is 12.0. The Morgan fingerprint density at radius 2 is 1.37 bits per heavy atom. The van der Waals surface area contributed by atoms with Crippen LogP contribution in [0.15, 0.2) is 60.7 Å². The number of aliphatic hydroxyl groups excluding tert-OH is 1. The fourth-order valence-electron chi connectivity index (χ4n) is 3.24. The number of ether oxygens (including phenoxy) is 1. The fraction of sp³-hybridized carbons (Fsp3) is 0.444. The molecule has 2 rings (SSSR count). The highest BCUT2D eigenvalue weighted by Gasteiger charge is 2.06. The highest BCUT2D eigenvalue weighted by atomic mass is 16.5. The minimum Gasteiger partial charge on any atom is -0.473 e. The van der Waals surface area contributed by atoms with E-state index in [2.05, 4.69) is 17.4 Å². The number of carboxylic acids is 2. The van der Waals surface area contributed by atoms with Gasteiger partial charge in [-0.25, -0.2) is 9.59 Å².